The van der Waals surface area contributed by atoms with E-state index in [2.05, 4.69) is 15.5 Å². The second kappa shape index (κ2) is 8.57. The van der Waals surface area contributed by atoms with Crippen LogP contribution in [0.3, 0.4) is 0 Å². The second-order valence-electron chi connectivity index (χ2n) is 6.18. The van der Waals surface area contributed by atoms with Crippen molar-refractivity contribution < 1.29 is 13.2 Å². The average Bonchev–Trinajstić information content (AvgIpc) is 3.02. The molecule has 3 rings (SSSR count). The van der Waals surface area contributed by atoms with Crippen LogP contribution in [-0.2, 0) is 27.4 Å². The number of benzene rings is 2. The lowest BCUT2D eigenvalue weighted by atomic mass is 10.2. The van der Waals surface area contributed by atoms with Gasteiger partial charge in [-0.05, 0) is 30.7 Å². The first-order valence-electron chi connectivity index (χ1n) is 8.51. The molecule has 0 aliphatic rings. The molecule has 0 atom stereocenters. The molecule has 0 radical (unpaired) electrons. The summed E-state index contributed by atoms with van der Waals surface area (Å²) in [5, 5.41) is 11.3. The lowest BCUT2D eigenvalue weighted by Crippen LogP contribution is -2.15. The summed E-state index contributed by atoms with van der Waals surface area (Å²) < 4.78 is 26.6. The minimum absolute atomic E-state index is 0.145. The molecule has 0 saturated heterocycles. The topological polar surface area (TPSA) is 94.0 Å². The Morgan fingerprint density at radius 3 is 2.46 bits per heavy atom. The molecule has 0 bridgehead atoms. The van der Waals surface area contributed by atoms with Crippen LogP contribution >= 0.6 is 11.8 Å². The summed E-state index contributed by atoms with van der Waals surface area (Å²) >= 11 is 1.21. The molecule has 146 valence electrons. The highest BCUT2D eigenvalue weighted by Crippen LogP contribution is 2.20. The van der Waals surface area contributed by atoms with Gasteiger partial charge in [-0.3, -0.25) is 4.79 Å². The standard InChI is InChI=1S/C19H20N4O3S2/c1-14-8-6-7-11-16(14)20-18(24)12-27-19-22-21-17(23(19)2)13-28(25,26)15-9-4-3-5-10-15/h3-11H,12-13H2,1-2H3,(H,20,24). The molecule has 1 heterocycles. The molecule has 1 aromatic heterocycles. The van der Waals surface area contributed by atoms with Gasteiger partial charge in [-0.1, -0.05) is 48.2 Å². The number of thioether (sulfide) groups is 1. The van der Waals surface area contributed by atoms with Crippen molar-refractivity contribution in [1.82, 2.24) is 14.8 Å². The third-order valence-corrected chi connectivity index (χ3v) is 6.75. The van der Waals surface area contributed by atoms with Crippen LogP contribution in [-0.4, -0.2) is 34.8 Å². The van der Waals surface area contributed by atoms with E-state index in [-0.39, 0.29) is 22.3 Å². The molecule has 3 aromatic rings. The fourth-order valence-electron chi connectivity index (χ4n) is 2.51. The second-order valence-corrected chi connectivity index (χ2v) is 9.11. The van der Waals surface area contributed by atoms with Gasteiger partial charge in [0.2, 0.25) is 5.91 Å². The highest BCUT2D eigenvalue weighted by molar-refractivity contribution is 7.99. The van der Waals surface area contributed by atoms with Crippen LogP contribution in [0.2, 0.25) is 0 Å². The van der Waals surface area contributed by atoms with E-state index in [1.165, 1.54) is 11.8 Å². The van der Waals surface area contributed by atoms with Crippen molar-refractivity contribution in [2.24, 2.45) is 7.05 Å². The molecule has 1 N–H and O–H groups in total. The third-order valence-electron chi connectivity index (χ3n) is 4.10. The fourth-order valence-corrected chi connectivity index (χ4v) is 4.57. The number of aryl methyl sites for hydroxylation is 1. The highest BCUT2D eigenvalue weighted by atomic mass is 32.2. The molecule has 1 amide bonds. The smallest absolute Gasteiger partial charge is 0.234 e. The maximum absolute atomic E-state index is 12.5. The molecule has 9 heteroatoms. The predicted octanol–water partition coefficient (Wildman–Crippen LogP) is 2.83. The maximum atomic E-state index is 12.5. The largest absolute Gasteiger partial charge is 0.325 e. The van der Waals surface area contributed by atoms with E-state index < -0.39 is 9.84 Å². The first-order valence-corrected chi connectivity index (χ1v) is 11.1. The first-order chi connectivity index (χ1) is 13.4. The number of nitrogens with one attached hydrogen (secondary N) is 1. The van der Waals surface area contributed by atoms with Crippen LogP contribution in [0, 0.1) is 6.92 Å². The Labute approximate surface area is 168 Å². The molecule has 7 nitrogen and oxygen atoms in total. The number of hydrogen-bond acceptors (Lipinski definition) is 6. The Morgan fingerprint density at radius 2 is 1.75 bits per heavy atom. The summed E-state index contributed by atoms with van der Waals surface area (Å²) in [5.74, 6) is 0.0498. The number of para-hydroxylation sites is 1. The number of hydrogen-bond donors (Lipinski definition) is 1. The molecule has 0 aliphatic carbocycles. The zero-order valence-corrected chi connectivity index (χ0v) is 17.1. The van der Waals surface area contributed by atoms with E-state index in [1.54, 1.807) is 41.9 Å². The molecule has 0 spiro atoms. The zero-order chi connectivity index (χ0) is 20.1. The van der Waals surface area contributed by atoms with Crippen molar-refractivity contribution >= 4 is 33.2 Å². The van der Waals surface area contributed by atoms with Crippen LogP contribution in [0.4, 0.5) is 5.69 Å². The van der Waals surface area contributed by atoms with Gasteiger partial charge in [0, 0.05) is 12.7 Å². The quantitative estimate of drug-likeness (QED) is 0.595. The molecular formula is C19H20N4O3S2. The number of carbonyl (C=O) groups excluding carboxylic acids is 1. The van der Waals surface area contributed by atoms with Crippen LogP contribution in [0.25, 0.3) is 0 Å². The van der Waals surface area contributed by atoms with Crippen LogP contribution in [0.1, 0.15) is 11.4 Å². The van der Waals surface area contributed by atoms with E-state index >= 15 is 0 Å². The van der Waals surface area contributed by atoms with Gasteiger partial charge in [0.15, 0.2) is 15.0 Å². The number of amides is 1. The van der Waals surface area contributed by atoms with Crippen molar-refractivity contribution in [1.29, 1.82) is 0 Å². The number of rotatable bonds is 7. The highest BCUT2D eigenvalue weighted by Gasteiger charge is 2.20. The summed E-state index contributed by atoms with van der Waals surface area (Å²) in [4.78, 5) is 12.4. The first kappa shape index (κ1) is 20.1. The van der Waals surface area contributed by atoms with Crippen molar-refractivity contribution in [3.63, 3.8) is 0 Å². The van der Waals surface area contributed by atoms with Gasteiger partial charge in [0.25, 0.3) is 0 Å². The van der Waals surface area contributed by atoms with E-state index in [1.807, 2.05) is 31.2 Å². The summed E-state index contributed by atoms with van der Waals surface area (Å²) in [6.07, 6.45) is 0. The molecule has 0 fully saturated rings. The molecule has 2 aromatic carbocycles. The SMILES string of the molecule is Cc1ccccc1NC(=O)CSc1nnc(CS(=O)(=O)c2ccccc2)n1C. The summed E-state index contributed by atoms with van der Waals surface area (Å²) in [6, 6.07) is 15.8. The molecule has 0 aliphatic heterocycles. The Hall–Kier alpha value is -2.65. The van der Waals surface area contributed by atoms with Gasteiger partial charge in [-0.15, -0.1) is 10.2 Å². The number of anilines is 1. The van der Waals surface area contributed by atoms with Gasteiger partial charge in [-0.25, -0.2) is 8.42 Å². The van der Waals surface area contributed by atoms with E-state index in [4.69, 9.17) is 0 Å². The summed E-state index contributed by atoms with van der Waals surface area (Å²) in [5.41, 5.74) is 1.74. The number of nitrogens with zero attached hydrogens (tertiary/aromatic N) is 3. The van der Waals surface area contributed by atoms with Crippen molar-refractivity contribution in [3.8, 4) is 0 Å². The fraction of sp³-hybridized carbons (Fsp3) is 0.211. The summed E-state index contributed by atoms with van der Waals surface area (Å²) in [6.45, 7) is 1.92. The lowest BCUT2D eigenvalue weighted by molar-refractivity contribution is -0.113. The minimum Gasteiger partial charge on any atom is -0.325 e. The summed E-state index contributed by atoms with van der Waals surface area (Å²) in [7, 11) is -1.82. The van der Waals surface area contributed by atoms with Gasteiger partial charge in [0.1, 0.15) is 11.6 Å². The zero-order valence-electron chi connectivity index (χ0n) is 15.5. The third kappa shape index (κ3) is 4.79. The number of aromatic nitrogens is 3. The van der Waals surface area contributed by atoms with E-state index in [9.17, 15) is 13.2 Å². The van der Waals surface area contributed by atoms with E-state index in [0.29, 0.717) is 11.0 Å². The van der Waals surface area contributed by atoms with Crippen LogP contribution in [0.5, 0.6) is 0 Å². The molecular weight excluding hydrogens is 396 g/mol. The normalized spacial score (nSPS) is 11.4. The molecule has 28 heavy (non-hydrogen) atoms. The van der Waals surface area contributed by atoms with Crippen molar-refractivity contribution in [2.45, 2.75) is 22.7 Å². The number of sulfone groups is 1. The molecule has 0 saturated carbocycles. The van der Waals surface area contributed by atoms with Gasteiger partial charge < -0.3 is 9.88 Å². The number of carbonyl (C=O) groups is 1. The molecule has 0 unspecified atom stereocenters. The van der Waals surface area contributed by atoms with Gasteiger partial charge in [0.05, 0.1) is 10.6 Å². The van der Waals surface area contributed by atoms with Crippen molar-refractivity contribution in [3.05, 3.63) is 66.0 Å². The Morgan fingerprint density at radius 1 is 1.07 bits per heavy atom. The lowest BCUT2D eigenvalue weighted by Gasteiger charge is -2.08. The van der Waals surface area contributed by atoms with Gasteiger partial charge in [-0.2, -0.15) is 0 Å². The Bertz CT molecular complexity index is 1080. The Balaban J connectivity index is 1.63. The average molecular weight is 417 g/mol. The van der Waals surface area contributed by atoms with Crippen LogP contribution in [0.15, 0.2) is 64.6 Å². The van der Waals surface area contributed by atoms with Crippen molar-refractivity contribution in [2.75, 3.05) is 11.1 Å². The van der Waals surface area contributed by atoms with E-state index in [0.717, 1.165) is 11.3 Å². The maximum Gasteiger partial charge on any atom is 0.234 e. The van der Waals surface area contributed by atoms with Gasteiger partial charge >= 0.3 is 0 Å². The predicted molar refractivity (Wildman–Crippen MR) is 109 cm³/mol. The Kier molecular flexibility index (Phi) is 6.15. The minimum atomic E-state index is -3.51. The van der Waals surface area contributed by atoms with Crippen LogP contribution < -0.4 is 5.32 Å². The monoisotopic (exact) mass is 416 g/mol.